The van der Waals surface area contributed by atoms with E-state index in [2.05, 4.69) is 10.3 Å². The lowest BCUT2D eigenvalue weighted by atomic mass is 10.1. The molecule has 0 aliphatic rings. The van der Waals surface area contributed by atoms with Gasteiger partial charge < -0.3 is 16.0 Å². The molecule has 18 heavy (non-hydrogen) atoms. The van der Waals surface area contributed by atoms with Crippen molar-refractivity contribution >= 4 is 17.4 Å². The standard InChI is InChI=1S/C13H22N4O/c1-10(14)6-4-8-12(18)16-11-7-5-9-15-13(11)17(2)3/h5,7,9-10H,4,6,8,14H2,1-3H3,(H,16,18). The number of hydrogen-bond acceptors (Lipinski definition) is 4. The molecule has 0 radical (unpaired) electrons. The second-order valence-corrected chi connectivity index (χ2v) is 4.69. The van der Waals surface area contributed by atoms with Gasteiger partial charge >= 0.3 is 0 Å². The summed E-state index contributed by atoms with van der Waals surface area (Å²) in [5, 5.41) is 2.88. The Morgan fingerprint density at radius 2 is 2.28 bits per heavy atom. The molecule has 0 aliphatic heterocycles. The van der Waals surface area contributed by atoms with Gasteiger partial charge in [0.1, 0.15) is 0 Å². The van der Waals surface area contributed by atoms with E-state index in [9.17, 15) is 4.79 Å². The molecule has 1 unspecified atom stereocenters. The number of hydrogen-bond donors (Lipinski definition) is 2. The molecular formula is C13H22N4O. The Kier molecular flexibility index (Phi) is 5.58. The van der Waals surface area contributed by atoms with Crippen LogP contribution in [-0.4, -0.2) is 31.0 Å². The molecule has 100 valence electrons. The summed E-state index contributed by atoms with van der Waals surface area (Å²) < 4.78 is 0. The van der Waals surface area contributed by atoms with Gasteiger partial charge in [0.05, 0.1) is 5.69 Å². The third-order valence-electron chi connectivity index (χ3n) is 2.55. The number of nitrogens with zero attached hydrogens (tertiary/aromatic N) is 2. The number of pyridine rings is 1. The van der Waals surface area contributed by atoms with Crippen LogP contribution < -0.4 is 16.0 Å². The first-order valence-corrected chi connectivity index (χ1v) is 6.18. The number of carbonyl (C=O) groups is 1. The number of nitrogens with one attached hydrogen (secondary N) is 1. The molecule has 0 bridgehead atoms. The molecule has 0 aliphatic carbocycles. The van der Waals surface area contributed by atoms with Gasteiger partial charge in [-0.05, 0) is 31.9 Å². The third kappa shape index (κ3) is 4.71. The fourth-order valence-corrected chi connectivity index (χ4v) is 1.65. The van der Waals surface area contributed by atoms with Crippen LogP contribution in [0.15, 0.2) is 18.3 Å². The summed E-state index contributed by atoms with van der Waals surface area (Å²) in [6.45, 7) is 1.95. The summed E-state index contributed by atoms with van der Waals surface area (Å²) in [5.41, 5.74) is 6.39. The minimum Gasteiger partial charge on any atom is -0.361 e. The number of carbonyl (C=O) groups excluding carboxylic acids is 1. The maximum absolute atomic E-state index is 11.8. The smallest absolute Gasteiger partial charge is 0.224 e. The number of amides is 1. The zero-order valence-corrected chi connectivity index (χ0v) is 11.3. The predicted molar refractivity (Wildman–Crippen MR) is 74.7 cm³/mol. The van der Waals surface area contributed by atoms with Crippen LogP contribution in [0.4, 0.5) is 11.5 Å². The predicted octanol–water partition coefficient (Wildman–Crippen LogP) is 1.60. The van der Waals surface area contributed by atoms with Gasteiger partial charge in [0.15, 0.2) is 5.82 Å². The summed E-state index contributed by atoms with van der Waals surface area (Å²) >= 11 is 0. The summed E-state index contributed by atoms with van der Waals surface area (Å²) in [7, 11) is 3.79. The van der Waals surface area contributed by atoms with Gasteiger partial charge in [0.2, 0.25) is 5.91 Å². The monoisotopic (exact) mass is 250 g/mol. The summed E-state index contributed by atoms with van der Waals surface area (Å²) in [6, 6.07) is 3.81. The number of aromatic nitrogens is 1. The van der Waals surface area contributed by atoms with Crippen molar-refractivity contribution in [3.63, 3.8) is 0 Å². The maximum atomic E-state index is 11.8. The van der Waals surface area contributed by atoms with Crippen LogP contribution in [0.2, 0.25) is 0 Å². The molecule has 1 aromatic heterocycles. The van der Waals surface area contributed by atoms with E-state index in [1.165, 1.54) is 0 Å². The van der Waals surface area contributed by atoms with Crippen molar-refractivity contribution in [3.8, 4) is 0 Å². The Bertz CT molecular complexity index is 390. The third-order valence-corrected chi connectivity index (χ3v) is 2.55. The topological polar surface area (TPSA) is 71.2 Å². The summed E-state index contributed by atoms with van der Waals surface area (Å²) in [5.74, 6) is 0.768. The van der Waals surface area contributed by atoms with E-state index in [0.717, 1.165) is 24.3 Å². The molecule has 1 aromatic rings. The van der Waals surface area contributed by atoms with Crippen LogP contribution in [0.25, 0.3) is 0 Å². The highest BCUT2D eigenvalue weighted by Gasteiger charge is 2.09. The lowest BCUT2D eigenvalue weighted by Gasteiger charge is -2.16. The largest absolute Gasteiger partial charge is 0.361 e. The van der Waals surface area contributed by atoms with Crippen LogP contribution >= 0.6 is 0 Å². The molecule has 1 rings (SSSR count). The van der Waals surface area contributed by atoms with Gasteiger partial charge in [-0.25, -0.2) is 4.98 Å². The number of anilines is 2. The van der Waals surface area contributed by atoms with Gasteiger partial charge in [-0.3, -0.25) is 4.79 Å². The van der Waals surface area contributed by atoms with E-state index in [1.54, 1.807) is 6.20 Å². The van der Waals surface area contributed by atoms with E-state index < -0.39 is 0 Å². The SMILES string of the molecule is CC(N)CCCC(=O)Nc1cccnc1N(C)C. The minimum atomic E-state index is 0.00625. The lowest BCUT2D eigenvalue weighted by Crippen LogP contribution is -2.19. The van der Waals surface area contributed by atoms with Gasteiger partial charge in [0.25, 0.3) is 0 Å². The van der Waals surface area contributed by atoms with Gasteiger partial charge in [-0.15, -0.1) is 0 Å². The molecule has 5 nitrogen and oxygen atoms in total. The van der Waals surface area contributed by atoms with Gasteiger partial charge in [-0.2, -0.15) is 0 Å². The molecule has 0 fully saturated rings. The molecule has 0 saturated heterocycles. The van der Waals surface area contributed by atoms with Crippen LogP contribution in [-0.2, 0) is 4.79 Å². The fourth-order valence-electron chi connectivity index (χ4n) is 1.65. The zero-order valence-electron chi connectivity index (χ0n) is 11.3. The molecular weight excluding hydrogens is 228 g/mol. The Morgan fingerprint density at radius 3 is 2.89 bits per heavy atom. The molecule has 5 heteroatoms. The average Bonchev–Trinajstić information content (AvgIpc) is 2.28. The van der Waals surface area contributed by atoms with Crippen LogP contribution in [0.1, 0.15) is 26.2 Å². The van der Waals surface area contributed by atoms with E-state index in [-0.39, 0.29) is 11.9 Å². The van der Waals surface area contributed by atoms with Crippen LogP contribution in [0.5, 0.6) is 0 Å². The molecule has 0 spiro atoms. The van der Waals surface area contributed by atoms with Crippen molar-refractivity contribution in [2.45, 2.75) is 32.2 Å². The Balaban J connectivity index is 2.54. The molecule has 0 saturated carbocycles. The Labute approximate surface area is 108 Å². The van der Waals surface area contributed by atoms with Crippen molar-refractivity contribution in [2.24, 2.45) is 5.73 Å². The number of nitrogens with two attached hydrogens (primary N) is 1. The number of rotatable bonds is 6. The molecule has 3 N–H and O–H groups in total. The Morgan fingerprint density at radius 1 is 1.56 bits per heavy atom. The fraction of sp³-hybridized carbons (Fsp3) is 0.538. The maximum Gasteiger partial charge on any atom is 0.224 e. The molecule has 0 aromatic carbocycles. The van der Waals surface area contributed by atoms with Gasteiger partial charge in [0, 0.05) is 32.8 Å². The van der Waals surface area contributed by atoms with Crippen LogP contribution in [0.3, 0.4) is 0 Å². The van der Waals surface area contributed by atoms with Crippen molar-refractivity contribution in [3.05, 3.63) is 18.3 Å². The van der Waals surface area contributed by atoms with E-state index >= 15 is 0 Å². The highest BCUT2D eigenvalue weighted by atomic mass is 16.1. The first kappa shape index (κ1) is 14.4. The zero-order chi connectivity index (χ0) is 13.5. The second-order valence-electron chi connectivity index (χ2n) is 4.69. The van der Waals surface area contributed by atoms with Crippen molar-refractivity contribution in [1.29, 1.82) is 0 Å². The highest BCUT2D eigenvalue weighted by Crippen LogP contribution is 2.20. The summed E-state index contributed by atoms with van der Waals surface area (Å²) in [4.78, 5) is 17.9. The quantitative estimate of drug-likeness (QED) is 0.804. The van der Waals surface area contributed by atoms with Crippen molar-refractivity contribution in [2.75, 3.05) is 24.3 Å². The molecule has 1 heterocycles. The first-order valence-electron chi connectivity index (χ1n) is 6.18. The lowest BCUT2D eigenvalue weighted by molar-refractivity contribution is -0.116. The van der Waals surface area contributed by atoms with Crippen molar-refractivity contribution < 1.29 is 4.79 Å². The second kappa shape index (κ2) is 6.96. The van der Waals surface area contributed by atoms with Crippen molar-refractivity contribution in [1.82, 2.24) is 4.98 Å². The first-order chi connectivity index (χ1) is 8.50. The Hall–Kier alpha value is -1.62. The molecule has 1 atom stereocenters. The van der Waals surface area contributed by atoms with Gasteiger partial charge in [-0.1, -0.05) is 0 Å². The molecule has 1 amide bonds. The summed E-state index contributed by atoms with van der Waals surface area (Å²) in [6.07, 6.45) is 3.87. The van der Waals surface area contributed by atoms with E-state index in [1.807, 2.05) is 38.1 Å². The highest BCUT2D eigenvalue weighted by molar-refractivity contribution is 5.93. The normalized spacial score (nSPS) is 12.0. The average molecular weight is 250 g/mol. The van der Waals surface area contributed by atoms with E-state index in [4.69, 9.17) is 5.73 Å². The van der Waals surface area contributed by atoms with Crippen LogP contribution in [0, 0.1) is 0 Å². The minimum absolute atomic E-state index is 0.00625. The van der Waals surface area contributed by atoms with E-state index in [0.29, 0.717) is 6.42 Å².